The second-order valence-electron chi connectivity index (χ2n) is 6.32. The highest BCUT2D eigenvalue weighted by atomic mass is 127. The molecular weight excluding hydrogens is 486 g/mol. The number of anilines is 1. The van der Waals surface area contributed by atoms with Crippen molar-refractivity contribution in [1.82, 2.24) is 19.6 Å². The number of carbonyl (C=O) groups excluding carboxylic acids is 1. The third-order valence-electron chi connectivity index (χ3n) is 4.32. The number of benzene rings is 1. The zero-order chi connectivity index (χ0) is 20.6. The normalized spacial score (nSPS) is 11.7. The molecule has 1 aromatic carbocycles. The largest absolute Gasteiger partial charge is 0.416 e. The molecule has 0 spiro atoms. The average molecular weight is 503 g/mol. The van der Waals surface area contributed by atoms with Gasteiger partial charge in [0, 0.05) is 7.05 Å². The van der Waals surface area contributed by atoms with Crippen molar-refractivity contribution in [1.29, 1.82) is 0 Å². The molecule has 2 aromatic heterocycles. The van der Waals surface area contributed by atoms with Gasteiger partial charge in [-0.25, -0.2) is 0 Å². The molecule has 0 bridgehead atoms. The third kappa shape index (κ3) is 4.05. The highest BCUT2D eigenvalue weighted by molar-refractivity contribution is 14.1. The first-order valence-electron chi connectivity index (χ1n) is 8.27. The summed E-state index contributed by atoms with van der Waals surface area (Å²) < 4.78 is 42.5. The third-order valence-corrected chi connectivity index (χ3v) is 5.11. The van der Waals surface area contributed by atoms with E-state index >= 15 is 0 Å². The fraction of sp³-hybridized carbons (Fsp3) is 0.278. The molecule has 6 nitrogen and oxygen atoms in total. The summed E-state index contributed by atoms with van der Waals surface area (Å²) in [5, 5.41) is 11.3. The minimum atomic E-state index is -4.40. The van der Waals surface area contributed by atoms with Gasteiger partial charge in [-0.2, -0.15) is 23.4 Å². The lowest BCUT2D eigenvalue weighted by Crippen LogP contribution is -2.18. The van der Waals surface area contributed by atoms with Crippen LogP contribution in [0.5, 0.6) is 0 Å². The number of hydrogen-bond donors (Lipinski definition) is 1. The topological polar surface area (TPSA) is 64.7 Å². The van der Waals surface area contributed by atoms with Gasteiger partial charge in [-0.15, -0.1) is 0 Å². The molecule has 0 aliphatic rings. The van der Waals surface area contributed by atoms with Crippen molar-refractivity contribution in [3.05, 3.63) is 62.2 Å². The Kier molecular flexibility index (Phi) is 5.50. The number of hydrogen-bond acceptors (Lipinski definition) is 3. The maximum atomic E-state index is 12.9. The van der Waals surface area contributed by atoms with E-state index in [1.54, 1.807) is 37.8 Å². The molecule has 0 atom stereocenters. The maximum Gasteiger partial charge on any atom is 0.416 e. The Labute approximate surface area is 172 Å². The highest BCUT2D eigenvalue weighted by Crippen LogP contribution is 2.30. The van der Waals surface area contributed by atoms with Gasteiger partial charge in [0.1, 0.15) is 5.69 Å². The minimum absolute atomic E-state index is 0.162. The van der Waals surface area contributed by atoms with Crippen molar-refractivity contribution in [2.45, 2.75) is 26.6 Å². The lowest BCUT2D eigenvalue weighted by molar-refractivity contribution is -0.137. The van der Waals surface area contributed by atoms with Gasteiger partial charge in [0.25, 0.3) is 5.91 Å². The van der Waals surface area contributed by atoms with E-state index < -0.39 is 11.7 Å². The molecule has 0 saturated heterocycles. The Morgan fingerprint density at radius 2 is 2.00 bits per heavy atom. The number of rotatable bonds is 4. The Hall–Kier alpha value is -2.37. The van der Waals surface area contributed by atoms with Crippen molar-refractivity contribution in [3.63, 3.8) is 0 Å². The Morgan fingerprint density at radius 1 is 1.29 bits per heavy atom. The molecule has 0 aliphatic heterocycles. The number of aromatic nitrogens is 4. The maximum absolute atomic E-state index is 12.9. The van der Waals surface area contributed by atoms with Gasteiger partial charge < -0.3 is 5.32 Å². The molecule has 10 heteroatoms. The van der Waals surface area contributed by atoms with Crippen LogP contribution in [0.25, 0.3) is 0 Å². The SMILES string of the molecule is Cc1nn(Cc2cccc(C(F)(F)F)c2)c(C)c1NC(=O)c1c(I)cnn1C. The number of nitrogens with one attached hydrogen (secondary N) is 1. The van der Waals surface area contributed by atoms with Crippen molar-refractivity contribution < 1.29 is 18.0 Å². The Morgan fingerprint density at radius 3 is 2.61 bits per heavy atom. The van der Waals surface area contributed by atoms with Gasteiger partial charge in [-0.1, -0.05) is 12.1 Å². The lowest BCUT2D eigenvalue weighted by Gasteiger charge is -2.10. The monoisotopic (exact) mass is 503 g/mol. The number of alkyl halides is 3. The molecule has 1 amide bonds. The summed E-state index contributed by atoms with van der Waals surface area (Å²) in [6, 6.07) is 5.12. The summed E-state index contributed by atoms with van der Waals surface area (Å²) in [5.41, 5.74) is 1.96. The van der Waals surface area contributed by atoms with Gasteiger partial charge in [0.15, 0.2) is 0 Å². The summed E-state index contributed by atoms with van der Waals surface area (Å²) in [4.78, 5) is 12.6. The van der Waals surface area contributed by atoms with E-state index in [9.17, 15) is 18.0 Å². The molecule has 0 saturated carbocycles. The molecule has 1 N–H and O–H groups in total. The van der Waals surface area contributed by atoms with Crippen molar-refractivity contribution in [2.75, 3.05) is 5.32 Å². The fourth-order valence-corrected chi connectivity index (χ4v) is 3.61. The molecular formula is C18H17F3IN5O. The molecule has 0 radical (unpaired) electrons. The quantitative estimate of drug-likeness (QED) is 0.545. The van der Waals surface area contributed by atoms with Gasteiger partial charge in [-0.05, 0) is 54.1 Å². The zero-order valence-corrected chi connectivity index (χ0v) is 17.5. The van der Waals surface area contributed by atoms with Gasteiger partial charge in [0.05, 0.1) is 39.0 Å². The van der Waals surface area contributed by atoms with Gasteiger partial charge in [0.2, 0.25) is 0 Å². The first kappa shape index (κ1) is 20.4. The van der Waals surface area contributed by atoms with Crippen LogP contribution in [-0.4, -0.2) is 25.5 Å². The van der Waals surface area contributed by atoms with E-state index in [0.717, 1.165) is 12.1 Å². The van der Waals surface area contributed by atoms with E-state index in [-0.39, 0.29) is 12.5 Å². The van der Waals surface area contributed by atoms with Crippen LogP contribution in [0.2, 0.25) is 0 Å². The molecule has 3 rings (SSSR count). The van der Waals surface area contributed by atoms with Crippen molar-refractivity contribution in [3.8, 4) is 0 Å². The number of carbonyl (C=O) groups is 1. The van der Waals surface area contributed by atoms with Crippen molar-refractivity contribution >= 4 is 34.2 Å². The van der Waals surface area contributed by atoms with Crippen molar-refractivity contribution in [2.24, 2.45) is 7.05 Å². The summed E-state index contributed by atoms with van der Waals surface area (Å²) in [5.74, 6) is -0.325. The smallest absolute Gasteiger partial charge is 0.317 e. The molecule has 148 valence electrons. The van der Waals surface area contributed by atoms with Crippen LogP contribution in [0.4, 0.5) is 18.9 Å². The van der Waals surface area contributed by atoms with Crippen LogP contribution in [0.1, 0.15) is 33.0 Å². The lowest BCUT2D eigenvalue weighted by atomic mass is 10.1. The molecule has 28 heavy (non-hydrogen) atoms. The number of aryl methyl sites for hydroxylation is 2. The summed E-state index contributed by atoms with van der Waals surface area (Å²) in [6.07, 6.45) is -2.81. The van der Waals surface area contributed by atoms with E-state index in [2.05, 4.69) is 15.5 Å². The van der Waals surface area contributed by atoms with Crippen LogP contribution in [0.15, 0.2) is 30.5 Å². The second kappa shape index (κ2) is 7.57. The van der Waals surface area contributed by atoms with Gasteiger partial charge >= 0.3 is 6.18 Å². The number of halogens is 4. The summed E-state index contributed by atoms with van der Waals surface area (Å²) in [6.45, 7) is 3.66. The predicted octanol–water partition coefficient (Wildman–Crippen LogP) is 4.16. The van der Waals surface area contributed by atoms with Crippen LogP contribution < -0.4 is 5.32 Å². The van der Waals surface area contributed by atoms with E-state index in [1.165, 1.54) is 10.7 Å². The Bertz CT molecular complexity index is 1020. The number of amides is 1. The van der Waals surface area contributed by atoms with Crippen LogP contribution in [0.3, 0.4) is 0 Å². The van der Waals surface area contributed by atoms with Gasteiger partial charge in [-0.3, -0.25) is 14.2 Å². The Balaban J connectivity index is 1.86. The minimum Gasteiger partial charge on any atom is -0.317 e. The van der Waals surface area contributed by atoms with E-state index in [1.807, 2.05) is 22.6 Å². The molecule has 0 unspecified atom stereocenters. The number of nitrogens with zero attached hydrogens (tertiary/aromatic N) is 4. The second-order valence-corrected chi connectivity index (χ2v) is 7.48. The summed E-state index contributed by atoms with van der Waals surface area (Å²) >= 11 is 2.03. The first-order chi connectivity index (χ1) is 13.1. The van der Waals surface area contributed by atoms with Crippen LogP contribution in [-0.2, 0) is 19.8 Å². The van der Waals surface area contributed by atoms with Crippen LogP contribution >= 0.6 is 22.6 Å². The van der Waals surface area contributed by atoms with E-state index in [4.69, 9.17) is 0 Å². The molecule has 0 fully saturated rings. The zero-order valence-electron chi connectivity index (χ0n) is 15.3. The van der Waals surface area contributed by atoms with Crippen LogP contribution in [0, 0.1) is 17.4 Å². The average Bonchev–Trinajstić information content (AvgIpc) is 3.08. The summed E-state index contributed by atoms with van der Waals surface area (Å²) in [7, 11) is 1.67. The molecule has 0 aliphatic carbocycles. The highest BCUT2D eigenvalue weighted by Gasteiger charge is 2.30. The fourth-order valence-electron chi connectivity index (χ4n) is 2.89. The standard InChI is InChI=1S/C18H17F3IN5O/c1-10-15(24-17(28)16-14(22)8-23-26(16)3)11(2)27(25-10)9-12-5-4-6-13(7-12)18(19,20)21/h4-8H,9H2,1-3H3,(H,24,28). The van der Waals surface area contributed by atoms with E-state index in [0.29, 0.717) is 31.9 Å². The first-order valence-corrected chi connectivity index (χ1v) is 9.34. The molecule has 3 aromatic rings. The predicted molar refractivity (Wildman–Crippen MR) is 106 cm³/mol. The molecule has 2 heterocycles.